The molecule has 0 aliphatic carbocycles. The van der Waals surface area contributed by atoms with Gasteiger partial charge in [-0.1, -0.05) is 12.7 Å². The van der Waals surface area contributed by atoms with Crippen molar-refractivity contribution in [1.82, 2.24) is 5.32 Å². The Balaban J connectivity index is 0.00000541. The maximum absolute atomic E-state index is 13.9. The van der Waals surface area contributed by atoms with E-state index < -0.39 is 59.1 Å². The van der Waals surface area contributed by atoms with Crippen LogP contribution in [0.5, 0.6) is 0 Å². The molecule has 5 heterocycles. The number of nitrogens with one attached hydrogen (secondary N) is 1. The molecule has 5 aliphatic rings. The monoisotopic (exact) mass is 712 g/mol. The molecule has 0 fully saturated rings. The average Bonchev–Trinajstić information content (AvgIpc) is 3.58. The van der Waals surface area contributed by atoms with Gasteiger partial charge in [-0.25, -0.2) is 15.0 Å². The zero-order valence-corrected chi connectivity index (χ0v) is 28.1. The van der Waals surface area contributed by atoms with Gasteiger partial charge in [-0.3, -0.25) is 19.2 Å². The van der Waals surface area contributed by atoms with E-state index in [-0.39, 0.29) is 71.3 Å². The number of aliphatic imine (C=N–C) groups is 3. The second-order valence-corrected chi connectivity index (χ2v) is 12.6. The predicted octanol–water partition coefficient (Wildman–Crippen LogP) is 1.63. The van der Waals surface area contributed by atoms with Gasteiger partial charge >= 0.3 is 35.0 Å². The topological polar surface area (TPSA) is 241 Å². The molecule has 0 radical (unpaired) electrons. The van der Waals surface area contributed by atoms with E-state index in [2.05, 4.69) is 15.3 Å². The number of carbonyl (C=O) groups is 5. The number of rotatable bonds is 10. The van der Waals surface area contributed by atoms with Crippen LogP contribution >= 0.6 is 0 Å². The summed E-state index contributed by atoms with van der Waals surface area (Å²) in [5.41, 5.74) is 0.0232. The van der Waals surface area contributed by atoms with Gasteiger partial charge in [0.05, 0.1) is 46.8 Å². The molecular weight excluding hydrogens is 680 g/mol. The fraction of sp³-hybridized carbons (Fsp3) is 0.353. The number of fused-ring (bicyclic) bond motifs is 5. The van der Waals surface area contributed by atoms with Crippen LogP contribution in [0.25, 0.3) is 0 Å². The molecule has 0 saturated carbocycles. The van der Waals surface area contributed by atoms with Gasteiger partial charge in [0.25, 0.3) is 0 Å². The van der Waals surface area contributed by atoms with Crippen molar-refractivity contribution in [1.29, 1.82) is 0 Å². The summed E-state index contributed by atoms with van der Waals surface area (Å²) in [5.74, 6) is -6.16. The van der Waals surface area contributed by atoms with Gasteiger partial charge < -0.3 is 35.6 Å². The van der Waals surface area contributed by atoms with E-state index in [0.717, 1.165) is 0 Å². The number of hydrogen-bond donors (Lipinski definition) is 4. The number of carbonyl (C=O) groups excluding carboxylic acids is 2. The summed E-state index contributed by atoms with van der Waals surface area (Å²) in [4.78, 5) is 74.6. The molecule has 0 unspecified atom stereocenters. The third kappa shape index (κ3) is 6.76. The van der Waals surface area contributed by atoms with E-state index in [1.165, 1.54) is 32.1 Å². The first-order valence-corrected chi connectivity index (χ1v) is 15.1. The first-order valence-electron chi connectivity index (χ1n) is 15.1. The van der Waals surface area contributed by atoms with Gasteiger partial charge in [0, 0.05) is 29.2 Å². The zero-order chi connectivity index (χ0) is 35.3. The Hall–Kier alpha value is -5.14. The second-order valence-electron chi connectivity index (χ2n) is 12.6. The molecule has 0 aromatic carbocycles. The molecule has 5 rings (SSSR count). The van der Waals surface area contributed by atoms with E-state index in [9.17, 15) is 49.5 Å². The Morgan fingerprint density at radius 1 is 0.755 bits per heavy atom. The number of hydrogen-bond acceptors (Lipinski definition) is 11. The van der Waals surface area contributed by atoms with Crippen LogP contribution in [0.1, 0.15) is 66.2 Å². The van der Waals surface area contributed by atoms with Crippen LogP contribution in [0.15, 0.2) is 95.8 Å². The summed E-state index contributed by atoms with van der Waals surface area (Å²) in [6.07, 6.45) is 3.99. The molecule has 0 aromatic heterocycles. The molecule has 0 spiro atoms. The van der Waals surface area contributed by atoms with Gasteiger partial charge in [0.2, 0.25) is 0 Å². The molecule has 49 heavy (non-hydrogen) atoms. The average molecular weight is 712 g/mol. The fourth-order valence-electron chi connectivity index (χ4n) is 6.40. The van der Waals surface area contributed by atoms with Crippen molar-refractivity contribution in [2.24, 2.45) is 25.8 Å². The maximum Gasteiger partial charge on any atom is 2.00 e. The molecule has 14 nitrogen and oxygen atoms in total. The Labute approximate surface area is 291 Å². The summed E-state index contributed by atoms with van der Waals surface area (Å²) in [6, 6.07) is 0. The van der Waals surface area contributed by atoms with Crippen molar-refractivity contribution in [2.45, 2.75) is 66.2 Å². The zero-order valence-electron chi connectivity index (χ0n) is 26.9. The number of nitrogens with zero attached hydrogens (tertiary/aromatic N) is 3. The van der Waals surface area contributed by atoms with Crippen molar-refractivity contribution in [3.05, 3.63) is 80.8 Å². The van der Waals surface area contributed by atoms with Crippen LogP contribution in [0.3, 0.4) is 0 Å². The molecule has 15 heteroatoms. The molecule has 5 aliphatic heterocycles. The number of Topliss-reactive ketones (excluding diaryl/α,β-unsaturated/α-hetero) is 1. The molecule has 0 saturated heterocycles. The number of carboxylic acids is 4. The SMILES string of the molecule is CC1=C(CCC(=O)O)C2=CC3=NC(=CC4=NC(=CC5=C([O-])[C@](C)(CC(=O)O)C(=CC1=N2)N5)[C@@](C)(CC(=O)O)C4=O)C(C)=C3CCC(=O)[O-].[Fe+2]. The van der Waals surface area contributed by atoms with Gasteiger partial charge in [0.1, 0.15) is 5.71 Å². The minimum absolute atomic E-state index is 0. The Bertz CT molecular complexity index is 1940. The van der Waals surface area contributed by atoms with Crippen molar-refractivity contribution in [2.75, 3.05) is 0 Å². The number of allylic oxidation sites excluding steroid dienone is 9. The molecule has 8 bridgehead atoms. The second kappa shape index (κ2) is 13.4. The standard InChI is InChI=1S/C34H34N4O10.Fe/c1-15-17(5-7-27(39)40)21-10-22-18(6-8-28(41)42)16(2)20(36-22)11-25-33(3,13-29(43)44)32(48)24(38-25)12-26-34(4,14-30(45)46)31(47)23(37-26)9-19(15)35-21;/h9-12,38,48H,5-8,13-14H2,1-4H3,(H,39,40)(H,41,42)(H,43,44)(H,45,46);/q;+2/p-2/t33-,34-;/m1./s1. The fourth-order valence-corrected chi connectivity index (χ4v) is 6.40. The molecular formula is C34H32FeN4O10. The van der Waals surface area contributed by atoms with Crippen molar-refractivity contribution in [3.8, 4) is 0 Å². The van der Waals surface area contributed by atoms with Crippen molar-refractivity contribution >= 4 is 46.8 Å². The van der Waals surface area contributed by atoms with E-state index in [1.54, 1.807) is 19.9 Å². The summed E-state index contributed by atoms with van der Waals surface area (Å²) in [5, 5.41) is 57.3. The number of carboxylic acid groups (broad SMARTS) is 4. The molecule has 2 atom stereocenters. The third-order valence-electron chi connectivity index (χ3n) is 9.21. The minimum atomic E-state index is -1.69. The van der Waals surface area contributed by atoms with Crippen LogP contribution in [0, 0.1) is 10.8 Å². The predicted molar refractivity (Wildman–Crippen MR) is 167 cm³/mol. The first kappa shape index (κ1) is 36.7. The first-order chi connectivity index (χ1) is 22.4. The van der Waals surface area contributed by atoms with E-state index in [0.29, 0.717) is 39.4 Å². The Morgan fingerprint density at radius 3 is 1.96 bits per heavy atom. The molecule has 0 aromatic rings. The maximum atomic E-state index is 13.9. The van der Waals surface area contributed by atoms with Crippen LogP contribution < -0.4 is 15.5 Å². The van der Waals surface area contributed by atoms with Gasteiger partial charge in [-0.15, -0.1) is 0 Å². The molecule has 0 amide bonds. The quantitative estimate of drug-likeness (QED) is 0.237. The van der Waals surface area contributed by atoms with Gasteiger partial charge in [-0.2, -0.15) is 0 Å². The summed E-state index contributed by atoms with van der Waals surface area (Å²) >= 11 is 0. The third-order valence-corrected chi connectivity index (χ3v) is 9.21. The van der Waals surface area contributed by atoms with Crippen LogP contribution in [0.4, 0.5) is 0 Å². The number of ketones is 1. The van der Waals surface area contributed by atoms with Crippen LogP contribution in [-0.2, 0) is 41.0 Å². The Kier molecular flexibility index (Phi) is 10.0. The largest absolute Gasteiger partial charge is 2.00 e. The summed E-state index contributed by atoms with van der Waals surface area (Å²) < 4.78 is 0. The Morgan fingerprint density at radius 2 is 1.35 bits per heavy atom. The number of aliphatic carboxylic acids is 4. The van der Waals surface area contributed by atoms with Crippen molar-refractivity contribution < 1.29 is 66.6 Å². The van der Waals surface area contributed by atoms with E-state index in [4.69, 9.17) is 4.99 Å². The van der Waals surface area contributed by atoms with Gasteiger partial charge in [-0.05, 0) is 86.6 Å². The smallest absolute Gasteiger partial charge is 0.873 e. The minimum Gasteiger partial charge on any atom is -0.873 e. The normalized spacial score (nSPS) is 24.3. The van der Waals surface area contributed by atoms with Crippen molar-refractivity contribution in [3.63, 3.8) is 0 Å². The van der Waals surface area contributed by atoms with E-state index >= 15 is 0 Å². The van der Waals surface area contributed by atoms with Crippen LogP contribution in [0.2, 0.25) is 0 Å². The molecule has 4 N–H and O–H groups in total. The van der Waals surface area contributed by atoms with Gasteiger partial charge in [0.15, 0.2) is 5.78 Å². The van der Waals surface area contributed by atoms with E-state index in [1.807, 2.05) is 0 Å². The summed E-state index contributed by atoms with van der Waals surface area (Å²) in [6.45, 7) is 6.25. The molecule has 256 valence electrons. The van der Waals surface area contributed by atoms with Crippen LogP contribution in [-0.4, -0.2) is 62.1 Å². The summed E-state index contributed by atoms with van der Waals surface area (Å²) in [7, 11) is 0.